The van der Waals surface area contributed by atoms with E-state index in [1.165, 1.54) is 28.4 Å². The third kappa shape index (κ3) is 32.6. The van der Waals surface area contributed by atoms with Crippen molar-refractivity contribution in [1.82, 2.24) is 0 Å². The maximum absolute atomic E-state index is 11.3. The summed E-state index contributed by atoms with van der Waals surface area (Å²) < 4.78 is 63.2. The quantitative estimate of drug-likeness (QED) is 0.0496. The van der Waals surface area contributed by atoms with Crippen LogP contribution in [0, 0.1) is 56.2 Å². The Balaban J connectivity index is 0. The highest BCUT2D eigenvalue weighted by molar-refractivity contribution is 5.70. The number of nitrogens with zero attached hydrogens (tertiary/aromatic N) is 4. The molecule has 0 aliphatic carbocycles. The minimum atomic E-state index is -0.849. The van der Waals surface area contributed by atoms with Crippen LogP contribution in [-0.4, -0.2) is 158 Å². The van der Waals surface area contributed by atoms with Gasteiger partial charge in [-0.05, 0) is 0 Å². The molecule has 0 spiro atoms. The molecule has 0 unspecified atom stereocenters. The monoisotopic (exact) mass is 828 g/mol. The third-order valence-corrected chi connectivity index (χ3v) is 7.41. The Labute approximate surface area is 341 Å². The molecule has 0 rings (SSSR count). The van der Waals surface area contributed by atoms with Crippen LogP contribution in [0.25, 0.3) is 0 Å². The van der Waals surface area contributed by atoms with Crippen molar-refractivity contribution in [2.75, 3.05) is 134 Å². The van der Waals surface area contributed by atoms with Crippen molar-refractivity contribution in [2.45, 2.75) is 51.4 Å². The predicted molar refractivity (Wildman–Crippen MR) is 199 cm³/mol. The van der Waals surface area contributed by atoms with Crippen molar-refractivity contribution in [1.29, 1.82) is 21.0 Å². The molecule has 0 radical (unpaired) electrons. The van der Waals surface area contributed by atoms with Crippen molar-refractivity contribution in [2.24, 2.45) is 10.8 Å². The van der Waals surface area contributed by atoms with Crippen LogP contribution in [0.2, 0.25) is 0 Å². The van der Waals surface area contributed by atoms with Gasteiger partial charge in [0.15, 0.2) is 0 Å². The second-order valence-electron chi connectivity index (χ2n) is 12.4. The molecule has 0 fully saturated rings. The van der Waals surface area contributed by atoms with Crippen LogP contribution in [0.15, 0.2) is 0 Å². The molecule has 20 nitrogen and oxygen atoms in total. The van der Waals surface area contributed by atoms with Crippen LogP contribution in [-0.2, 0) is 76.0 Å². The van der Waals surface area contributed by atoms with E-state index in [-0.39, 0.29) is 157 Å². The smallest absolute Gasteiger partial charge is 0.307 e. The van der Waals surface area contributed by atoms with Gasteiger partial charge in [-0.3, -0.25) is 19.2 Å². The van der Waals surface area contributed by atoms with E-state index in [1.54, 1.807) is 0 Å². The highest BCUT2D eigenvalue weighted by Gasteiger charge is 2.34. The highest BCUT2D eigenvalue weighted by Crippen LogP contribution is 2.23. The summed E-state index contributed by atoms with van der Waals surface area (Å²) in [6.45, 7) is 2.86. The molecule has 0 amide bonds. The lowest BCUT2D eigenvalue weighted by Crippen LogP contribution is -2.42. The predicted octanol–water partition coefficient (Wildman–Crippen LogP) is 1.99. The zero-order chi connectivity index (χ0) is 43.6. The molecule has 0 N–H and O–H groups in total. The maximum Gasteiger partial charge on any atom is 0.307 e. The fraction of sp³-hybridized carbons (Fsp3) is 0.789. The lowest BCUT2D eigenvalue weighted by molar-refractivity contribution is -0.145. The van der Waals surface area contributed by atoms with E-state index in [0.29, 0.717) is 0 Å². The topological polar surface area (TPSA) is 274 Å². The van der Waals surface area contributed by atoms with Crippen LogP contribution >= 0.6 is 0 Å². The summed E-state index contributed by atoms with van der Waals surface area (Å²) in [4.78, 5) is 45.4. The van der Waals surface area contributed by atoms with Gasteiger partial charge in [-0.25, -0.2) is 0 Å². The van der Waals surface area contributed by atoms with Gasteiger partial charge in [0.1, 0.15) is 0 Å². The summed E-state index contributed by atoms with van der Waals surface area (Å²) in [7, 11) is 5.14. The van der Waals surface area contributed by atoms with E-state index in [2.05, 4.69) is 18.9 Å². The van der Waals surface area contributed by atoms with Gasteiger partial charge >= 0.3 is 23.9 Å². The molecule has 20 heteroatoms. The number of nitriles is 4. The van der Waals surface area contributed by atoms with Gasteiger partial charge in [0.25, 0.3) is 0 Å². The fourth-order valence-electron chi connectivity index (χ4n) is 4.31. The summed E-state index contributed by atoms with van der Waals surface area (Å²) in [6.07, 6.45) is 1.33. The Morgan fingerprint density at radius 1 is 0.345 bits per heavy atom. The number of carbonyl (C=O) groups excluding carboxylic acids is 4. The van der Waals surface area contributed by atoms with Crippen molar-refractivity contribution >= 4 is 23.9 Å². The number of hydrogen-bond acceptors (Lipinski definition) is 20. The largest absolute Gasteiger partial charge is 0.469 e. The van der Waals surface area contributed by atoms with E-state index in [4.69, 9.17) is 58.9 Å². The lowest BCUT2D eigenvalue weighted by atomic mass is 9.92. The molecule has 0 saturated heterocycles. The van der Waals surface area contributed by atoms with E-state index >= 15 is 0 Å². The molecule has 58 heavy (non-hydrogen) atoms. The molecule has 0 heterocycles. The van der Waals surface area contributed by atoms with Crippen LogP contribution in [0.3, 0.4) is 0 Å². The second-order valence-corrected chi connectivity index (χ2v) is 12.4. The van der Waals surface area contributed by atoms with Crippen LogP contribution in [0.5, 0.6) is 0 Å². The molecule has 0 bridgehead atoms. The number of hydrogen-bond donors (Lipinski definition) is 0. The molecule has 0 aliphatic rings. The van der Waals surface area contributed by atoms with Gasteiger partial charge in [-0.1, -0.05) is 0 Å². The van der Waals surface area contributed by atoms with E-state index < -0.39 is 34.7 Å². The maximum atomic E-state index is 11.3. The molecule has 0 aromatic carbocycles. The van der Waals surface area contributed by atoms with Crippen LogP contribution in [0.4, 0.5) is 0 Å². The first-order valence-electron chi connectivity index (χ1n) is 18.4. The van der Waals surface area contributed by atoms with Gasteiger partial charge in [0.2, 0.25) is 0 Å². The summed E-state index contributed by atoms with van der Waals surface area (Å²) in [5, 5.41) is 34.4. The molecule has 0 saturated carbocycles. The summed E-state index contributed by atoms with van der Waals surface area (Å²) in [5.74, 6) is -1.67. The van der Waals surface area contributed by atoms with Crippen molar-refractivity contribution < 1.29 is 76.0 Å². The average Bonchev–Trinajstić information content (AvgIpc) is 3.24. The Morgan fingerprint density at radius 3 is 0.672 bits per heavy atom. The number of methoxy groups -OCH3 is 4. The first-order chi connectivity index (χ1) is 28.1. The van der Waals surface area contributed by atoms with Gasteiger partial charge in [0, 0.05) is 0 Å². The standard InChI is InChI=1S/C21H36O12.C17H24N4O4/c1-26-17(22)5-9-30-13-21(14-31-10-6-18(23)27-2,15-32-11-7-19(24)28-3)16-33-12-8-20(25)29-4;18-5-1-9-22-13-17(14-23-10-2-6-19,15-24-11-3-7-20)16-25-12-4-8-21/h5-16H2,1-4H3;1-4,9-16H2. The fourth-order valence-corrected chi connectivity index (χ4v) is 4.31. The number of esters is 4. The van der Waals surface area contributed by atoms with E-state index in [0.717, 1.165) is 0 Å². The SMILES string of the molecule is COC(=O)CCOCC(COCCC(=O)OC)(COCCC(=O)OC)COCCC(=O)OC.N#CCCOCC(COCCC#N)(COCCC#N)COCCC#N. The van der Waals surface area contributed by atoms with Gasteiger partial charge < -0.3 is 56.8 Å². The van der Waals surface area contributed by atoms with E-state index in [1.807, 2.05) is 24.3 Å². The number of ether oxygens (including phenoxy) is 12. The van der Waals surface area contributed by atoms with Gasteiger partial charge in [-0.15, -0.1) is 0 Å². The highest BCUT2D eigenvalue weighted by atomic mass is 16.6. The molecular weight excluding hydrogens is 768 g/mol. The Hall–Kier alpha value is -4.48. The lowest BCUT2D eigenvalue weighted by Gasteiger charge is -2.33. The summed E-state index contributed by atoms with van der Waals surface area (Å²) in [6, 6.07) is 8.03. The first-order valence-corrected chi connectivity index (χ1v) is 18.4. The van der Waals surface area contributed by atoms with Crippen LogP contribution in [0.1, 0.15) is 51.4 Å². The molecule has 328 valence electrons. The normalized spacial score (nSPS) is 10.8. The van der Waals surface area contributed by atoms with Crippen LogP contribution < -0.4 is 0 Å². The minimum absolute atomic E-state index is 0.0577. The molecule has 0 aromatic heterocycles. The minimum Gasteiger partial charge on any atom is -0.469 e. The van der Waals surface area contributed by atoms with Gasteiger partial charge in [0.05, 0.1) is 221 Å². The molecule has 0 aliphatic heterocycles. The van der Waals surface area contributed by atoms with Crippen molar-refractivity contribution in [3.05, 3.63) is 0 Å². The first kappa shape index (κ1) is 55.6. The zero-order valence-electron chi connectivity index (χ0n) is 34.3. The molecule has 0 atom stereocenters. The molecule has 0 aromatic rings. The second kappa shape index (κ2) is 39.4. The average molecular weight is 829 g/mol. The van der Waals surface area contributed by atoms with E-state index in [9.17, 15) is 19.2 Å². The van der Waals surface area contributed by atoms with Crippen molar-refractivity contribution in [3.63, 3.8) is 0 Å². The Morgan fingerprint density at radius 2 is 0.517 bits per heavy atom. The molecular formula is C38H60N4O16. The number of rotatable bonds is 36. The summed E-state index contributed by atoms with van der Waals surface area (Å²) in [5.41, 5.74) is -1.48. The number of carbonyl (C=O) groups is 4. The van der Waals surface area contributed by atoms with Gasteiger partial charge in [-0.2, -0.15) is 21.0 Å². The Kier molecular flexibility index (Phi) is 37.7. The zero-order valence-corrected chi connectivity index (χ0v) is 34.3. The third-order valence-electron chi connectivity index (χ3n) is 7.41. The Bertz CT molecular complexity index is 1080. The summed E-state index contributed by atoms with van der Waals surface area (Å²) >= 11 is 0. The van der Waals surface area contributed by atoms with Crippen molar-refractivity contribution in [3.8, 4) is 24.3 Å².